The number of nitrogens with one attached hydrogen (secondary N) is 1. The molecule has 0 aliphatic heterocycles. The number of nitrogens with zero attached hydrogens (tertiary/aromatic N) is 1. The Morgan fingerprint density at radius 2 is 1.59 bits per heavy atom. The van der Waals surface area contributed by atoms with E-state index in [0.717, 1.165) is 16.9 Å². The van der Waals surface area contributed by atoms with Gasteiger partial charge >= 0.3 is 0 Å². The molecule has 1 aromatic heterocycles. The van der Waals surface area contributed by atoms with Crippen LogP contribution in [0.5, 0.6) is 5.75 Å². The molecule has 3 aromatic carbocycles. The van der Waals surface area contributed by atoms with Crippen LogP contribution in [0.4, 0.5) is 0 Å². The highest BCUT2D eigenvalue weighted by atomic mass is 16.5. The van der Waals surface area contributed by atoms with Crippen molar-refractivity contribution < 1.29 is 4.74 Å². The summed E-state index contributed by atoms with van der Waals surface area (Å²) in [5.74, 6) is 1.34. The summed E-state index contributed by atoms with van der Waals surface area (Å²) in [6.45, 7) is 0.540. The predicted molar refractivity (Wildman–Crippen MR) is 109 cm³/mol. The number of benzene rings is 3. The van der Waals surface area contributed by atoms with E-state index in [2.05, 4.69) is 9.97 Å². The summed E-state index contributed by atoms with van der Waals surface area (Å²) >= 11 is 0. The van der Waals surface area contributed by atoms with E-state index in [4.69, 9.17) is 4.74 Å². The smallest absolute Gasteiger partial charge is 0.259 e. The van der Waals surface area contributed by atoms with Gasteiger partial charge in [0.25, 0.3) is 5.56 Å². The topological polar surface area (TPSA) is 55.0 Å². The molecule has 4 heteroatoms. The minimum absolute atomic E-state index is 0.134. The van der Waals surface area contributed by atoms with E-state index in [1.807, 2.05) is 78.9 Å². The quantitative estimate of drug-likeness (QED) is 0.566. The van der Waals surface area contributed by atoms with Gasteiger partial charge in [-0.25, -0.2) is 4.98 Å². The molecule has 0 radical (unpaired) electrons. The van der Waals surface area contributed by atoms with Gasteiger partial charge in [-0.3, -0.25) is 4.79 Å². The van der Waals surface area contributed by atoms with Gasteiger partial charge in [-0.1, -0.05) is 60.7 Å². The second-order valence-corrected chi connectivity index (χ2v) is 6.14. The molecule has 4 rings (SSSR count). The molecule has 4 aromatic rings. The zero-order chi connectivity index (χ0) is 18.5. The highest BCUT2D eigenvalue weighted by Crippen LogP contribution is 2.16. The first kappa shape index (κ1) is 16.8. The number of ether oxygens (including phenoxy) is 1. The largest absolute Gasteiger partial charge is 0.489 e. The number of aromatic amines is 1. The Labute approximate surface area is 156 Å². The van der Waals surface area contributed by atoms with E-state index in [9.17, 15) is 4.79 Å². The Kier molecular flexibility index (Phi) is 4.79. The van der Waals surface area contributed by atoms with Gasteiger partial charge < -0.3 is 9.72 Å². The number of hydrogen-bond donors (Lipinski definition) is 1. The standard InChI is InChI=1S/C23H18N2O2/c26-23-20-8-4-5-9-21(20)24-22(25-23)15-12-17-10-13-19(14-11-17)27-16-18-6-2-1-3-7-18/h1-15H,16H2,(H,24,25,26)/b15-12+. The average molecular weight is 354 g/mol. The molecule has 0 aliphatic rings. The molecule has 132 valence electrons. The van der Waals surface area contributed by atoms with Crippen molar-refractivity contribution in [3.05, 3.63) is 106 Å². The van der Waals surface area contributed by atoms with Crippen LogP contribution in [-0.4, -0.2) is 9.97 Å². The molecule has 0 spiro atoms. The fourth-order valence-electron chi connectivity index (χ4n) is 2.77. The number of fused-ring (bicyclic) bond motifs is 1. The molecule has 1 N–H and O–H groups in total. The van der Waals surface area contributed by atoms with Crippen molar-refractivity contribution in [2.45, 2.75) is 6.61 Å². The van der Waals surface area contributed by atoms with Crippen LogP contribution >= 0.6 is 0 Å². The van der Waals surface area contributed by atoms with Gasteiger partial charge in [0.05, 0.1) is 10.9 Å². The highest BCUT2D eigenvalue weighted by Gasteiger charge is 2.01. The molecule has 0 bridgehead atoms. The summed E-state index contributed by atoms with van der Waals surface area (Å²) in [7, 11) is 0. The zero-order valence-electron chi connectivity index (χ0n) is 14.6. The first-order valence-electron chi connectivity index (χ1n) is 8.72. The zero-order valence-corrected chi connectivity index (χ0v) is 14.6. The Hall–Kier alpha value is -3.66. The second-order valence-electron chi connectivity index (χ2n) is 6.14. The summed E-state index contributed by atoms with van der Waals surface area (Å²) in [6.07, 6.45) is 3.71. The van der Waals surface area contributed by atoms with E-state index in [-0.39, 0.29) is 5.56 Å². The Balaban J connectivity index is 1.46. The molecule has 0 aliphatic carbocycles. The molecule has 1 heterocycles. The maximum Gasteiger partial charge on any atom is 0.259 e. The van der Waals surface area contributed by atoms with Crippen LogP contribution in [0.25, 0.3) is 23.1 Å². The second kappa shape index (κ2) is 7.70. The van der Waals surface area contributed by atoms with E-state index >= 15 is 0 Å². The SMILES string of the molecule is O=c1[nH]c(/C=C/c2ccc(OCc3ccccc3)cc2)nc2ccccc12. The monoisotopic (exact) mass is 354 g/mol. The normalized spacial score (nSPS) is 11.1. The van der Waals surface area contributed by atoms with Crippen LogP contribution in [-0.2, 0) is 6.61 Å². The fourth-order valence-corrected chi connectivity index (χ4v) is 2.77. The molecule has 0 saturated carbocycles. The first-order valence-corrected chi connectivity index (χ1v) is 8.72. The van der Waals surface area contributed by atoms with Crippen LogP contribution in [0, 0.1) is 0 Å². The minimum Gasteiger partial charge on any atom is -0.489 e. The van der Waals surface area contributed by atoms with Crippen molar-refractivity contribution in [3.8, 4) is 5.75 Å². The van der Waals surface area contributed by atoms with Crippen molar-refractivity contribution in [1.82, 2.24) is 9.97 Å². The van der Waals surface area contributed by atoms with Crippen LogP contribution in [0.3, 0.4) is 0 Å². The maximum absolute atomic E-state index is 12.1. The lowest BCUT2D eigenvalue weighted by Gasteiger charge is -2.06. The number of hydrogen-bond acceptors (Lipinski definition) is 3. The summed E-state index contributed by atoms with van der Waals surface area (Å²) in [5, 5.41) is 0.592. The Morgan fingerprint density at radius 3 is 2.41 bits per heavy atom. The summed E-state index contributed by atoms with van der Waals surface area (Å²) in [5.41, 5.74) is 2.68. The molecule has 4 nitrogen and oxygen atoms in total. The van der Waals surface area contributed by atoms with Crippen LogP contribution < -0.4 is 10.3 Å². The van der Waals surface area contributed by atoms with Gasteiger partial charge in [-0.05, 0) is 41.5 Å². The van der Waals surface area contributed by atoms with Crippen LogP contribution in [0.2, 0.25) is 0 Å². The third-order valence-electron chi connectivity index (χ3n) is 4.19. The lowest BCUT2D eigenvalue weighted by atomic mass is 10.2. The van der Waals surface area contributed by atoms with Gasteiger partial charge in [0.15, 0.2) is 0 Å². The Morgan fingerprint density at radius 1 is 0.852 bits per heavy atom. The van der Waals surface area contributed by atoms with Gasteiger partial charge in [-0.15, -0.1) is 0 Å². The molecule has 0 fully saturated rings. The molecular weight excluding hydrogens is 336 g/mol. The van der Waals surface area contributed by atoms with Crippen molar-refractivity contribution in [2.75, 3.05) is 0 Å². The van der Waals surface area contributed by atoms with Crippen LogP contribution in [0.1, 0.15) is 17.0 Å². The summed E-state index contributed by atoms with van der Waals surface area (Å²) < 4.78 is 5.79. The lowest BCUT2D eigenvalue weighted by Crippen LogP contribution is -2.09. The van der Waals surface area contributed by atoms with Gasteiger partial charge in [0.2, 0.25) is 0 Å². The van der Waals surface area contributed by atoms with Crippen molar-refractivity contribution in [1.29, 1.82) is 0 Å². The third kappa shape index (κ3) is 4.12. The van der Waals surface area contributed by atoms with Crippen molar-refractivity contribution in [2.24, 2.45) is 0 Å². The van der Waals surface area contributed by atoms with Crippen LogP contribution in [0.15, 0.2) is 83.7 Å². The van der Waals surface area contributed by atoms with Gasteiger partial charge in [0, 0.05) is 0 Å². The predicted octanol–water partition coefficient (Wildman–Crippen LogP) is 4.67. The molecular formula is C23H18N2O2. The van der Waals surface area contributed by atoms with E-state index in [1.54, 1.807) is 12.1 Å². The molecule has 0 amide bonds. The third-order valence-corrected chi connectivity index (χ3v) is 4.19. The van der Waals surface area contributed by atoms with E-state index in [1.165, 1.54) is 0 Å². The number of aromatic nitrogens is 2. The molecule has 0 saturated heterocycles. The van der Waals surface area contributed by atoms with Gasteiger partial charge in [0.1, 0.15) is 18.2 Å². The fraction of sp³-hybridized carbons (Fsp3) is 0.0435. The summed E-state index contributed by atoms with van der Waals surface area (Å²) in [6, 6.07) is 25.2. The van der Waals surface area contributed by atoms with E-state index < -0.39 is 0 Å². The molecule has 0 unspecified atom stereocenters. The lowest BCUT2D eigenvalue weighted by molar-refractivity contribution is 0.306. The van der Waals surface area contributed by atoms with Crippen molar-refractivity contribution in [3.63, 3.8) is 0 Å². The summed E-state index contributed by atoms with van der Waals surface area (Å²) in [4.78, 5) is 19.4. The Bertz CT molecular complexity index is 1130. The molecule has 0 atom stereocenters. The van der Waals surface area contributed by atoms with Crippen molar-refractivity contribution >= 4 is 23.1 Å². The number of para-hydroxylation sites is 1. The number of H-pyrrole nitrogens is 1. The minimum atomic E-state index is -0.134. The number of rotatable bonds is 5. The van der Waals surface area contributed by atoms with Gasteiger partial charge in [-0.2, -0.15) is 0 Å². The maximum atomic E-state index is 12.1. The average Bonchev–Trinajstić information content (AvgIpc) is 2.72. The van der Waals surface area contributed by atoms with E-state index in [0.29, 0.717) is 23.3 Å². The highest BCUT2D eigenvalue weighted by molar-refractivity contribution is 5.79. The first-order chi connectivity index (χ1) is 13.3. The molecule has 27 heavy (non-hydrogen) atoms.